The fourth-order valence-corrected chi connectivity index (χ4v) is 21.7. The first-order chi connectivity index (χ1) is 62.0. The number of rotatable bonds is 9. The van der Waals surface area contributed by atoms with Gasteiger partial charge in [-0.25, -0.2) is 0 Å². The van der Waals surface area contributed by atoms with E-state index in [1.807, 2.05) is 0 Å². The number of nitrogens with zero attached hydrogens (tertiary/aromatic N) is 6. The fraction of sp³-hybridized carbons (Fsp3) is 0.226. The summed E-state index contributed by atoms with van der Waals surface area (Å²) in [5, 5.41) is 21.1. The Labute approximate surface area is 762 Å². The van der Waals surface area contributed by atoms with Crippen LogP contribution in [-0.4, -0.2) is 17.6 Å². The average Bonchev–Trinajstić information content (AvgIpc) is 1.51. The number of benzene rings is 16. The summed E-state index contributed by atoms with van der Waals surface area (Å²) >= 11 is 0. The van der Waals surface area contributed by atoms with Crippen molar-refractivity contribution in [2.45, 2.75) is 184 Å². The van der Waals surface area contributed by atoms with Gasteiger partial charge < -0.3 is 27.4 Å². The smallest absolute Gasteiger partial charge is 0.0620 e. The first-order valence-electron chi connectivity index (χ1n) is 47.0. The van der Waals surface area contributed by atoms with Crippen LogP contribution in [0.4, 0.5) is 34.1 Å². The molecule has 0 unspecified atom stereocenters. The lowest BCUT2D eigenvalue weighted by atomic mass is 9.84. The molecular weight excluding hydrogens is 1570 g/mol. The molecule has 8 aromatic heterocycles. The molecule has 0 atom stereocenters. The Morgan fingerprint density at radius 2 is 0.469 bits per heavy atom. The van der Waals surface area contributed by atoms with E-state index in [0.29, 0.717) is 0 Å². The third-order valence-electron chi connectivity index (χ3n) is 29.2. The maximum absolute atomic E-state index is 2.61. The Hall–Kier alpha value is -13.7. The van der Waals surface area contributed by atoms with Gasteiger partial charge in [0.25, 0.3) is 0 Å². The average molecular weight is 1690 g/mol. The molecule has 0 amide bonds. The SMILES string of the molecule is CCc1ccc(N(c2ccccc2)c2ccc3c4cc(C(C)(C)C)cc5c6cc7c(cc6n(c3c2)c45)c2cc(C(C)(C)C)cc3c4cc(C(C)(C)C)ccc4n7c32)cc1.Cc1ccc(-c2ccccc2)cc1N(c1ccc2c3cc(C(C)(C)C)cc4c5cc6c(cc5n(c2c1)c34)c1cc(C(C)(C)C)cc2c3cc(C(C)(C)C)ccc3n6c21)c1cc(-c2ccccc2)ccc1C. The van der Waals surface area contributed by atoms with Gasteiger partial charge in [0.15, 0.2) is 0 Å². The molecule has 0 saturated carbocycles. The topological polar surface area (TPSA) is 24.1 Å². The molecule has 130 heavy (non-hydrogen) atoms. The van der Waals surface area contributed by atoms with Gasteiger partial charge in [0.1, 0.15) is 0 Å². The third kappa shape index (κ3) is 12.4. The van der Waals surface area contributed by atoms with Gasteiger partial charge >= 0.3 is 0 Å². The van der Waals surface area contributed by atoms with E-state index in [1.54, 1.807) is 0 Å². The molecule has 0 aliphatic rings. The third-order valence-corrected chi connectivity index (χ3v) is 29.2. The van der Waals surface area contributed by atoms with Crippen LogP contribution in [0.2, 0.25) is 0 Å². The summed E-state index contributed by atoms with van der Waals surface area (Å²) in [6, 6.07) is 114. The van der Waals surface area contributed by atoms with E-state index in [4.69, 9.17) is 0 Å². The van der Waals surface area contributed by atoms with Crippen molar-refractivity contribution in [3.63, 3.8) is 0 Å². The summed E-state index contributed by atoms with van der Waals surface area (Å²) in [7, 11) is 0. The molecule has 0 N–H and O–H groups in total. The molecule has 0 aliphatic carbocycles. The van der Waals surface area contributed by atoms with Crippen molar-refractivity contribution < 1.29 is 0 Å². The van der Waals surface area contributed by atoms with Crippen LogP contribution in [0.25, 0.3) is 175 Å². The van der Waals surface area contributed by atoms with Crippen molar-refractivity contribution in [3.8, 4) is 22.3 Å². The zero-order chi connectivity index (χ0) is 90.0. The number of hydrogen-bond acceptors (Lipinski definition) is 2. The predicted octanol–water partition coefficient (Wildman–Crippen LogP) is 35.2. The molecular formula is C124H114N6. The highest BCUT2D eigenvalue weighted by atomic mass is 15.2. The van der Waals surface area contributed by atoms with Crippen LogP contribution in [-0.2, 0) is 38.9 Å². The van der Waals surface area contributed by atoms with Crippen LogP contribution in [0.15, 0.2) is 297 Å². The Bertz CT molecular complexity index is 8650. The monoisotopic (exact) mass is 1690 g/mol. The Morgan fingerprint density at radius 3 is 0.792 bits per heavy atom. The van der Waals surface area contributed by atoms with Crippen molar-refractivity contribution in [3.05, 3.63) is 347 Å². The highest BCUT2D eigenvalue weighted by Gasteiger charge is 2.33. The lowest BCUT2D eigenvalue weighted by Crippen LogP contribution is -2.13. The Kier molecular flexibility index (Phi) is 17.5. The molecule has 16 aromatic carbocycles. The molecule has 0 aliphatic heterocycles. The first-order valence-corrected chi connectivity index (χ1v) is 47.0. The highest BCUT2D eigenvalue weighted by Crippen LogP contribution is 2.54. The van der Waals surface area contributed by atoms with Crippen molar-refractivity contribution in [1.29, 1.82) is 0 Å². The van der Waals surface area contributed by atoms with Crippen LogP contribution >= 0.6 is 0 Å². The molecule has 0 fully saturated rings. The summed E-state index contributed by atoms with van der Waals surface area (Å²) in [6.07, 6.45) is 1.02. The minimum absolute atomic E-state index is 0.000503. The van der Waals surface area contributed by atoms with E-state index in [0.717, 1.165) is 40.5 Å². The van der Waals surface area contributed by atoms with E-state index in [9.17, 15) is 0 Å². The van der Waals surface area contributed by atoms with Gasteiger partial charge in [0.05, 0.1) is 66.2 Å². The lowest BCUT2D eigenvalue weighted by molar-refractivity contribution is 0.590. The minimum Gasteiger partial charge on any atom is -0.310 e. The van der Waals surface area contributed by atoms with Gasteiger partial charge in [0, 0.05) is 120 Å². The molecule has 24 rings (SSSR count). The van der Waals surface area contributed by atoms with Crippen LogP contribution in [0.1, 0.15) is 182 Å². The fourth-order valence-electron chi connectivity index (χ4n) is 21.7. The minimum atomic E-state index is -0.0505. The second kappa shape index (κ2) is 28.2. The molecule has 24 aromatic rings. The van der Waals surface area contributed by atoms with Crippen LogP contribution in [0.5, 0.6) is 0 Å². The summed E-state index contributed by atoms with van der Waals surface area (Å²) in [5.41, 5.74) is 39.0. The van der Waals surface area contributed by atoms with E-state index in [2.05, 4.69) is 470 Å². The molecule has 6 nitrogen and oxygen atoms in total. The predicted molar refractivity (Wildman–Crippen MR) is 563 cm³/mol. The summed E-state index contributed by atoms with van der Waals surface area (Å²) < 4.78 is 10.3. The maximum atomic E-state index is 2.61. The van der Waals surface area contributed by atoms with Crippen LogP contribution in [0.3, 0.4) is 0 Å². The second-order valence-electron chi connectivity index (χ2n) is 43.9. The summed E-state index contributed by atoms with van der Waals surface area (Å²) in [4.78, 5) is 4.92. The molecule has 0 saturated heterocycles. The highest BCUT2D eigenvalue weighted by molar-refractivity contribution is 6.32. The van der Waals surface area contributed by atoms with Crippen molar-refractivity contribution in [2.24, 2.45) is 0 Å². The van der Waals surface area contributed by atoms with E-state index in [-0.39, 0.29) is 32.5 Å². The molecule has 8 heterocycles. The Balaban J connectivity index is 0.000000151. The summed E-state index contributed by atoms with van der Waals surface area (Å²) in [6.45, 7) is 48.8. The summed E-state index contributed by atoms with van der Waals surface area (Å²) in [5.74, 6) is 0. The number of anilines is 6. The second-order valence-corrected chi connectivity index (χ2v) is 43.9. The number of aromatic nitrogens is 4. The number of para-hydroxylation sites is 1. The number of hydrogen-bond donors (Lipinski definition) is 0. The van der Waals surface area contributed by atoms with Gasteiger partial charge in [-0.15, -0.1) is 0 Å². The standard InChI is InChI=1S/C68H61N3.C56H53N3/c1-40-22-24-44(42-18-14-12-15-19-42)30-59(40)69(60-31-45(25-23-41(60)2)43-20-16-13-17-21-43)49-27-28-50-54-33-47(67(6,7)8)35-56-53-38-62-52(39-63(53)71(64(54)56)61(50)37-49)57-36-48(68(9,10)11)34-55-51-32-46(66(3,4)5)26-29-58(51)70(62)65(55)57;1-11-33-17-20-38(21-18-33)57(37-15-13-12-14-16-37)39-22-23-40-44-26-35(55(5,6)7)28-46-43-31-50-42(32-51(43)59(52(44)46)49(40)30-39)47-29-36(56(8,9)10)27-45-41-25-34(54(2,3)4)19-24-48(41)58(50)53(45)47/h12-39H,1-11H3;12-32H,11H2,1-10H3. The van der Waals surface area contributed by atoms with Gasteiger partial charge in [-0.05, 0) is 283 Å². The van der Waals surface area contributed by atoms with Gasteiger partial charge in [0.2, 0.25) is 0 Å². The van der Waals surface area contributed by atoms with Crippen molar-refractivity contribution in [2.75, 3.05) is 9.80 Å². The first kappa shape index (κ1) is 80.9. The Morgan fingerprint density at radius 1 is 0.200 bits per heavy atom. The zero-order valence-electron chi connectivity index (χ0n) is 79.2. The quantitative estimate of drug-likeness (QED) is 0.144. The van der Waals surface area contributed by atoms with E-state index in [1.165, 1.54) is 225 Å². The normalized spacial score (nSPS) is 13.1. The van der Waals surface area contributed by atoms with Gasteiger partial charge in [-0.3, -0.25) is 0 Å². The molecule has 0 radical (unpaired) electrons. The maximum Gasteiger partial charge on any atom is 0.0620 e. The van der Waals surface area contributed by atoms with E-state index >= 15 is 0 Å². The zero-order valence-corrected chi connectivity index (χ0v) is 79.2. The van der Waals surface area contributed by atoms with Crippen molar-refractivity contribution in [1.82, 2.24) is 17.6 Å². The van der Waals surface area contributed by atoms with Crippen LogP contribution < -0.4 is 9.80 Å². The number of fused-ring (bicyclic) bond motifs is 24. The molecule has 0 bridgehead atoms. The van der Waals surface area contributed by atoms with Crippen LogP contribution in [0, 0.1) is 13.8 Å². The van der Waals surface area contributed by atoms with Gasteiger partial charge in [-0.1, -0.05) is 271 Å². The van der Waals surface area contributed by atoms with E-state index < -0.39 is 0 Å². The molecule has 6 heteroatoms. The lowest BCUT2D eigenvalue weighted by Gasteiger charge is -2.30. The largest absolute Gasteiger partial charge is 0.310 e. The molecule has 640 valence electrons. The number of aryl methyl sites for hydroxylation is 3. The van der Waals surface area contributed by atoms with Crippen molar-refractivity contribution >= 4 is 187 Å². The van der Waals surface area contributed by atoms with Gasteiger partial charge in [-0.2, -0.15) is 0 Å². The molecule has 0 spiro atoms.